The van der Waals surface area contributed by atoms with E-state index < -0.39 is 0 Å². The molecule has 2 rings (SSSR count). The van der Waals surface area contributed by atoms with E-state index in [2.05, 4.69) is 22.5 Å². The largest absolute Gasteiger partial charge is 0.399 e. The number of azo groups is 1. The molecule has 92 valence electrons. The van der Waals surface area contributed by atoms with Gasteiger partial charge >= 0.3 is 0 Å². The van der Waals surface area contributed by atoms with E-state index in [9.17, 15) is 0 Å². The summed E-state index contributed by atoms with van der Waals surface area (Å²) >= 11 is 0. The van der Waals surface area contributed by atoms with Crippen molar-refractivity contribution >= 4 is 22.7 Å². The van der Waals surface area contributed by atoms with Crippen molar-refractivity contribution in [2.24, 2.45) is 10.2 Å². The summed E-state index contributed by atoms with van der Waals surface area (Å²) < 4.78 is 0. The Bertz CT molecular complexity index is 514. The van der Waals surface area contributed by atoms with Gasteiger partial charge in [-0.25, -0.2) is 0 Å². The minimum atomic E-state index is 0.726. The molecule has 0 aliphatic heterocycles. The van der Waals surface area contributed by atoms with Gasteiger partial charge in [0, 0.05) is 17.9 Å². The number of nitrogens with one attached hydrogen (secondary N) is 1. The highest BCUT2D eigenvalue weighted by Gasteiger charge is 1.92. The molecule has 0 bridgehead atoms. The second-order valence-corrected chi connectivity index (χ2v) is 3.87. The lowest BCUT2D eigenvalue weighted by Crippen LogP contribution is -1.94. The van der Waals surface area contributed by atoms with Crippen molar-refractivity contribution < 1.29 is 0 Å². The molecule has 4 nitrogen and oxygen atoms in total. The van der Waals surface area contributed by atoms with Gasteiger partial charge in [-0.05, 0) is 55.5 Å². The summed E-state index contributed by atoms with van der Waals surface area (Å²) in [6, 6.07) is 15.1. The summed E-state index contributed by atoms with van der Waals surface area (Å²) in [7, 11) is 0. The smallest absolute Gasteiger partial charge is 0.0858 e. The van der Waals surface area contributed by atoms with E-state index in [1.807, 2.05) is 48.5 Å². The quantitative estimate of drug-likeness (QED) is 0.623. The van der Waals surface area contributed by atoms with Crippen molar-refractivity contribution in [1.29, 1.82) is 0 Å². The number of hydrogen-bond acceptors (Lipinski definition) is 4. The van der Waals surface area contributed by atoms with Gasteiger partial charge in [0.05, 0.1) is 11.4 Å². The zero-order chi connectivity index (χ0) is 12.8. The van der Waals surface area contributed by atoms with E-state index in [4.69, 9.17) is 5.73 Å². The highest BCUT2D eigenvalue weighted by Crippen LogP contribution is 2.20. The maximum Gasteiger partial charge on any atom is 0.0858 e. The molecular weight excluding hydrogens is 224 g/mol. The Kier molecular flexibility index (Phi) is 3.91. The molecule has 0 aromatic heterocycles. The monoisotopic (exact) mass is 240 g/mol. The Hall–Kier alpha value is -2.36. The molecule has 0 radical (unpaired) electrons. The molecular formula is C14H16N4. The van der Waals surface area contributed by atoms with Crippen LogP contribution < -0.4 is 11.1 Å². The highest BCUT2D eigenvalue weighted by molar-refractivity contribution is 5.51. The minimum absolute atomic E-state index is 0.726. The summed E-state index contributed by atoms with van der Waals surface area (Å²) in [5, 5.41) is 11.5. The number of anilines is 2. The Morgan fingerprint density at radius 2 is 1.39 bits per heavy atom. The molecule has 4 heteroatoms. The Labute approximate surface area is 107 Å². The molecule has 0 aliphatic carbocycles. The number of nitrogens with two attached hydrogens (primary N) is 1. The van der Waals surface area contributed by atoms with E-state index in [0.29, 0.717) is 0 Å². The zero-order valence-corrected chi connectivity index (χ0v) is 10.3. The average Bonchev–Trinajstić information content (AvgIpc) is 2.40. The third kappa shape index (κ3) is 3.31. The first-order valence-electron chi connectivity index (χ1n) is 5.89. The fraction of sp³-hybridized carbons (Fsp3) is 0.143. The lowest BCUT2D eigenvalue weighted by Gasteiger charge is -2.01. The van der Waals surface area contributed by atoms with Crippen LogP contribution in [0, 0.1) is 0 Å². The predicted molar refractivity (Wildman–Crippen MR) is 75.6 cm³/mol. The van der Waals surface area contributed by atoms with Crippen molar-refractivity contribution in [3.63, 3.8) is 0 Å². The average molecular weight is 240 g/mol. The van der Waals surface area contributed by atoms with Crippen LogP contribution in [-0.2, 0) is 0 Å². The predicted octanol–water partition coefficient (Wildman–Crippen LogP) is 4.12. The summed E-state index contributed by atoms with van der Waals surface area (Å²) in [5.74, 6) is 0. The summed E-state index contributed by atoms with van der Waals surface area (Å²) in [6.45, 7) is 2.97. The van der Waals surface area contributed by atoms with Crippen LogP contribution >= 0.6 is 0 Å². The van der Waals surface area contributed by atoms with Gasteiger partial charge in [-0.1, -0.05) is 0 Å². The fourth-order valence-corrected chi connectivity index (χ4v) is 1.51. The van der Waals surface area contributed by atoms with Crippen molar-refractivity contribution in [3.05, 3.63) is 48.5 Å². The molecule has 0 aliphatic rings. The molecule has 0 unspecified atom stereocenters. The molecule has 2 aromatic carbocycles. The number of rotatable bonds is 4. The fourth-order valence-electron chi connectivity index (χ4n) is 1.51. The second kappa shape index (κ2) is 5.82. The van der Waals surface area contributed by atoms with E-state index in [0.717, 1.165) is 29.3 Å². The first-order valence-corrected chi connectivity index (χ1v) is 5.89. The summed E-state index contributed by atoms with van der Waals surface area (Å²) in [6.07, 6.45) is 0. The van der Waals surface area contributed by atoms with Crippen LogP contribution in [0.4, 0.5) is 22.7 Å². The van der Waals surface area contributed by atoms with Gasteiger partial charge in [0.1, 0.15) is 0 Å². The van der Waals surface area contributed by atoms with Crippen LogP contribution in [0.2, 0.25) is 0 Å². The highest BCUT2D eigenvalue weighted by atomic mass is 15.1. The number of nitrogen functional groups attached to an aromatic ring is 1. The van der Waals surface area contributed by atoms with Crippen molar-refractivity contribution in [2.75, 3.05) is 17.6 Å². The standard InChI is InChI=1S/C14H16N4/c1-2-16-12-7-9-14(10-8-12)18-17-13-5-3-11(15)4-6-13/h3-10,16H,2,15H2,1H3. The van der Waals surface area contributed by atoms with Crippen LogP contribution in [0.1, 0.15) is 6.92 Å². The van der Waals surface area contributed by atoms with Gasteiger partial charge in [0.15, 0.2) is 0 Å². The molecule has 0 saturated heterocycles. The lowest BCUT2D eigenvalue weighted by molar-refractivity contribution is 1.20. The molecule has 3 N–H and O–H groups in total. The second-order valence-electron chi connectivity index (χ2n) is 3.87. The summed E-state index contributed by atoms with van der Waals surface area (Å²) in [4.78, 5) is 0. The maximum absolute atomic E-state index is 5.60. The SMILES string of the molecule is CCNc1ccc(N=Nc2ccc(N)cc2)cc1. The third-order valence-corrected chi connectivity index (χ3v) is 2.42. The van der Waals surface area contributed by atoms with E-state index in [1.165, 1.54) is 0 Å². The van der Waals surface area contributed by atoms with Crippen LogP contribution in [-0.4, -0.2) is 6.54 Å². The Morgan fingerprint density at radius 1 is 0.889 bits per heavy atom. The lowest BCUT2D eigenvalue weighted by atomic mass is 10.3. The van der Waals surface area contributed by atoms with E-state index >= 15 is 0 Å². The third-order valence-electron chi connectivity index (χ3n) is 2.42. The minimum Gasteiger partial charge on any atom is -0.399 e. The molecule has 0 saturated carbocycles. The molecule has 0 heterocycles. The molecule has 0 fully saturated rings. The number of hydrogen-bond donors (Lipinski definition) is 2. The van der Waals surface area contributed by atoms with Crippen molar-refractivity contribution in [1.82, 2.24) is 0 Å². The first kappa shape index (κ1) is 12.1. The summed E-state index contributed by atoms with van der Waals surface area (Å²) in [5.41, 5.74) is 9.03. The van der Waals surface area contributed by atoms with Crippen molar-refractivity contribution in [3.8, 4) is 0 Å². The van der Waals surface area contributed by atoms with Gasteiger partial charge in [-0.3, -0.25) is 0 Å². The zero-order valence-electron chi connectivity index (χ0n) is 10.3. The van der Waals surface area contributed by atoms with Gasteiger partial charge in [-0.2, -0.15) is 10.2 Å². The maximum atomic E-state index is 5.60. The van der Waals surface area contributed by atoms with E-state index in [1.54, 1.807) is 0 Å². The van der Waals surface area contributed by atoms with Gasteiger partial charge in [0.25, 0.3) is 0 Å². The van der Waals surface area contributed by atoms with E-state index in [-0.39, 0.29) is 0 Å². The number of nitrogens with zero attached hydrogens (tertiary/aromatic N) is 2. The molecule has 0 amide bonds. The molecule has 18 heavy (non-hydrogen) atoms. The number of benzene rings is 2. The molecule has 2 aromatic rings. The normalized spacial score (nSPS) is 10.7. The van der Waals surface area contributed by atoms with Gasteiger partial charge < -0.3 is 11.1 Å². The Balaban J connectivity index is 2.06. The van der Waals surface area contributed by atoms with Crippen LogP contribution in [0.3, 0.4) is 0 Å². The first-order chi connectivity index (χ1) is 8.78. The van der Waals surface area contributed by atoms with Crippen LogP contribution in [0.25, 0.3) is 0 Å². The molecule has 0 spiro atoms. The topological polar surface area (TPSA) is 62.8 Å². The van der Waals surface area contributed by atoms with Crippen LogP contribution in [0.5, 0.6) is 0 Å². The van der Waals surface area contributed by atoms with Gasteiger partial charge in [0.2, 0.25) is 0 Å². The molecule has 0 atom stereocenters. The van der Waals surface area contributed by atoms with Crippen LogP contribution in [0.15, 0.2) is 58.8 Å². The van der Waals surface area contributed by atoms with Crippen molar-refractivity contribution in [2.45, 2.75) is 6.92 Å². The van der Waals surface area contributed by atoms with Gasteiger partial charge in [-0.15, -0.1) is 0 Å². The Morgan fingerprint density at radius 3 is 1.89 bits per heavy atom.